The maximum absolute atomic E-state index is 11.8. The second kappa shape index (κ2) is 8.52. The van der Waals surface area contributed by atoms with Crippen molar-refractivity contribution >= 4 is 5.91 Å². The predicted octanol–water partition coefficient (Wildman–Crippen LogP) is 1.95. The van der Waals surface area contributed by atoms with Crippen molar-refractivity contribution < 1.29 is 14.3 Å². The zero-order chi connectivity index (χ0) is 15.8. The van der Waals surface area contributed by atoms with Crippen LogP contribution in [0.15, 0.2) is 18.2 Å². The molecule has 1 unspecified atom stereocenters. The number of hydrogen-bond acceptors (Lipinski definition) is 4. The first-order valence-electron chi connectivity index (χ1n) is 7.19. The van der Waals surface area contributed by atoms with E-state index in [1.165, 1.54) is 0 Å². The number of rotatable bonds is 8. The Labute approximate surface area is 127 Å². The van der Waals surface area contributed by atoms with E-state index in [9.17, 15) is 4.79 Å². The fourth-order valence-electron chi connectivity index (χ4n) is 1.78. The van der Waals surface area contributed by atoms with Crippen molar-refractivity contribution in [1.29, 1.82) is 0 Å². The zero-order valence-corrected chi connectivity index (χ0v) is 13.5. The minimum atomic E-state index is 0.00341. The van der Waals surface area contributed by atoms with Crippen molar-refractivity contribution in [3.05, 3.63) is 23.8 Å². The summed E-state index contributed by atoms with van der Waals surface area (Å²) in [6.45, 7) is 7.03. The molecule has 0 spiro atoms. The Morgan fingerprint density at radius 3 is 2.48 bits per heavy atom. The van der Waals surface area contributed by atoms with Crippen molar-refractivity contribution in [3.63, 3.8) is 0 Å². The van der Waals surface area contributed by atoms with E-state index in [0.29, 0.717) is 12.5 Å². The molecule has 1 aromatic rings. The van der Waals surface area contributed by atoms with Gasteiger partial charge in [-0.15, -0.1) is 0 Å². The molecule has 0 aromatic heterocycles. The minimum Gasteiger partial charge on any atom is -0.497 e. The molecule has 0 saturated carbocycles. The number of benzene rings is 1. The van der Waals surface area contributed by atoms with E-state index in [1.807, 2.05) is 25.1 Å². The molecule has 21 heavy (non-hydrogen) atoms. The fraction of sp³-hybridized carbons (Fsp3) is 0.562. The molecule has 118 valence electrons. The maximum atomic E-state index is 11.8. The first-order valence-corrected chi connectivity index (χ1v) is 7.19. The third kappa shape index (κ3) is 5.63. The molecule has 0 radical (unpaired) electrons. The van der Waals surface area contributed by atoms with Crippen LogP contribution in [0.2, 0.25) is 0 Å². The van der Waals surface area contributed by atoms with Crippen LogP contribution < -0.4 is 20.1 Å². The second-order valence-electron chi connectivity index (χ2n) is 5.38. The molecule has 0 fully saturated rings. The Hall–Kier alpha value is -1.75. The number of carbonyl (C=O) groups is 1. The van der Waals surface area contributed by atoms with Gasteiger partial charge < -0.3 is 20.1 Å². The lowest BCUT2D eigenvalue weighted by Gasteiger charge is -2.17. The summed E-state index contributed by atoms with van der Waals surface area (Å²) < 4.78 is 10.5. The molecule has 0 saturated heterocycles. The normalized spacial score (nSPS) is 12.1. The number of nitrogens with one attached hydrogen (secondary N) is 2. The molecular weight excluding hydrogens is 268 g/mol. The van der Waals surface area contributed by atoms with E-state index in [1.54, 1.807) is 14.2 Å². The molecule has 1 amide bonds. The molecular formula is C16H26N2O3. The zero-order valence-electron chi connectivity index (χ0n) is 13.5. The van der Waals surface area contributed by atoms with Crippen molar-refractivity contribution in [2.75, 3.05) is 20.8 Å². The fourth-order valence-corrected chi connectivity index (χ4v) is 1.78. The molecule has 0 heterocycles. The minimum absolute atomic E-state index is 0.00341. The van der Waals surface area contributed by atoms with E-state index >= 15 is 0 Å². The molecule has 0 bridgehead atoms. The largest absolute Gasteiger partial charge is 0.497 e. The summed E-state index contributed by atoms with van der Waals surface area (Å²) in [5, 5.41) is 6.08. The van der Waals surface area contributed by atoms with Gasteiger partial charge in [-0.3, -0.25) is 4.79 Å². The smallest absolute Gasteiger partial charge is 0.234 e. The lowest BCUT2D eigenvalue weighted by atomic mass is 10.1. The van der Waals surface area contributed by atoms with Crippen LogP contribution in [0.25, 0.3) is 0 Å². The Morgan fingerprint density at radius 1 is 1.19 bits per heavy atom. The highest BCUT2D eigenvalue weighted by atomic mass is 16.5. The molecule has 1 atom stereocenters. The molecule has 1 rings (SSSR count). The Balaban J connectivity index is 2.47. The van der Waals surface area contributed by atoms with Crippen molar-refractivity contribution in [3.8, 4) is 11.5 Å². The number of hydrogen-bond donors (Lipinski definition) is 2. The lowest BCUT2D eigenvalue weighted by molar-refractivity contribution is -0.121. The summed E-state index contributed by atoms with van der Waals surface area (Å²) in [6.07, 6.45) is 0. The quantitative estimate of drug-likeness (QED) is 0.769. The lowest BCUT2D eigenvalue weighted by Crippen LogP contribution is -2.41. The number of amides is 1. The van der Waals surface area contributed by atoms with Gasteiger partial charge >= 0.3 is 0 Å². The Kier molecular flexibility index (Phi) is 7.02. The predicted molar refractivity (Wildman–Crippen MR) is 83.7 cm³/mol. The van der Waals surface area contributed by atoms with Gasteiger partial charge in [0, 0.05) is 24.2 Å². The van der Waals surface area contributed by atoms with Crippen molar-refractivity contribution in [2.45, 2.75) is 33.4 Å². The standard InChI is InChI=1S/C16H26N2O3/c1-11(2)12(3)18-16(19)10-17-9-13-6-7-14(20-4)8-15(13)21-5/h6-8,11-12,17H,9-10H2,1-5H3,(H,18,19). The van der Waals surface area contributed by atoms with Gasteiger partial charge in [0.2, 0.25) is 5.91 Å². The molecule has 1 aromatic carbocycles. The average Bonchev–Trinajstić information content (AvgIpc) is 2.47. The summed E-state index contributed by atoms with van der Waals surface area (Å²) >= 11 is 0. The van der Waals surface area contributed by atoms with Gasteiger partial charge in [-0.05, 0) is 18.9 Å². The summed E-state index contributed by atoms with van der Waals surface area (Å²) in [7, 11) is 3.24. The highest BCUT2D eigenvalue weighted by molar-refractivity contribution is 5.78. The van der Waals surface area contributed by atoms with Gasteiger partial charge in [-0.1, -0.05) is 19.9 Å². The summed E-state index contributed by atoms with van der Waals surface area (Å²) in [6, 6.07) is 5.81. The molecule has 0 aliphatic carbocycles. The molecule has 0 aliphatic rings. The van der Waals surface area contributed by atoms with Crippen LogP contribution in [0.3, 0.4) is 0 Å². The summed E-state index contributed by atoms with van der Waals surface area (Å²) in [5.41, 5.74) is 0.989. The van der Waals surface area contributed by atoms with E-state index in [0.717, 1.165) is 17.1 Å². The Bertz CT molecular complexity index is 461. The van der Waals surface area contributed by atoms with Gasteiger partial charge in [0.25, 0.3) is 0 Å². The number of ether oxygens (including phenoxy) is 2. The van der Waals surface area contributed by atoms with Crippen LogP contribution >= 0.6 is 0 Å². The van der Waals surface area contributed by atoms with Gasteiger partial charge in [-0.25, -0.2) is 0 Å². The highest BCUT2D eigenvalue weighted by Gasteiger charge is 2.11. The van der Waals surface area contributed by atoms with Gasteiger partial charge in [0.15, 0.2) is 0 Å². The second-order valence-corrected chi connectivity index (χ2v) is 5.38. The average molecular weight is 294 g/mol. The van der Waals surface area contributed by atoms with Crippen LogP contribution in [0.5, 0.6) is 11.5 Å². The maximum Gasteiger partial charge on any atom is 0.234 e. The molecule has 5 heteroatoms. The van der Waals surface area contributed by atoms with Crippen LogP contribution in [0.4, 0.5) is 0 Å². The third-order valence-corrected chi connectivity index (χ3v) is 3.48. The Morgan fingerprint density at radius 2 is 1.90 bits per heavy atom. The number of methoxy groups -OCH3 is 2. The van der Waals surface area contributed by atoms with E-state index in [-0.39, 0.29) is 18.5 Å². The molecule has 0 aliphatic heterocycles. The van der Waals surface area contributed by atoms with Crippen LogP contribution in [0, 0.1) is 5.92 Å². The van der Waals surface area contributed by atoms with E-state index in [4.69, 9.17) is 9.47 Å². The van der Waals surface area contributed by atoms with Gasteiger partial charge in [0.05, 0.1) is 20.8 Å². The monoisotopic (exact) mass is 294 g/mol. The topological polar surface area (TPSA) is 59.6 Å². The molecule has 5 nitrogen and oxygen atoms in total. The highest BCUT2D eigenvalue weighted by Crippen LogP contribution is 2.24. The SMILES string of the molecule is COc1ccc(CNCC(=O)NC(C)C(C)C)c(OC)c1. The van der Waals surface area contributed by atoms with Gasteiger partial charge in [-0.2, -0.15) is 0 Å². The van der Waals surface area contributed by atoms with Crippen LogP contribution in [-0.4, -0.2) is 32.7 Å². The van der Waals surface area contributed by atoms with E-state index in [2.05, 4.69) is 24.5 Å². The van der Waals surface area contributed by atoms with Crippen molar-refractivity contribution in [2.24, 2.45) is 5.92 Å². The number of carbonyl (C=O) groups excluding carboxylic acids is 1. The van der Waals surface area contributed by atoms with Crippen LogP contribution in [0.1, 0.15) is 26.3 Å². The molecule has 2 N–H and O–H groups in total. The third-order valence-electron chi connectivity index (χ3n) is 3.48. The van der Waals surface area contributed by atoms with Crippen molar-refractivity contribution in [1.82, 2.24) is 10.6 Å². The summed E-state index contributed by atoms with van der Waals surface area (Å²) in [5.74, 6) is 1.93. The van der Waals surface area contributed by atoms with Gasteiger partial charge in [0.1, 0.15) is 11.5 Å². The van der Waals surface area contributed by atoms with Crippen LogP contribution in [-0.2, 0) is 11.3 Å². The van der Waals surface area contributed by atoms with E-state index < -0.39 is 0 Å². The first-order chi connectivity index (χ1) is 9.97. The first kappa shape index (κ1) is 17.3. The summed E-state index contributed by atoms with van der Waals surface area (Å²) in [4.78, 5) is 11.8.